The normalized spacial score (nSPS) is 22.6. The van der Waals surface area contributed by atoms with E-state index in [0.29, 0.717) is 25.7 Å². The summed E-state index contributed by atoms with van der Waals surface area (Å²) in [5, 5.41) is 59.9. The minimum atomic E-state index is -5.16. The van der Waals surface area contributed by atoms with Crippen molar-refractivity contribution in [3.63, 3.8) is 0 Å². The lowest BCUT2D eigenvalue weighted by atomic mass is 9.85. The summed E-state index contributed by atoms with van der Waals surface area (Å²) in [6, 6.07) is 0. The molecule has 0 saturated heterocycles. The smallest absolute Gasteiger partial charge is 0.462 e. The molecule has 1 fully saturated rings. The number of ether oxygens (including phenoxy) is 2. The van der Waals surface area contributed by atoms with E-state index in [-0.39, 0.29) is 18.9 Å². The summed E-state index contributed by atoms with van der Waals surface area (Å²) in [4.78, 5) is 35.7. The number of unbranched alkanes of at least 4 members (excludes halogenated alkanes) is 7. The van der Waals surface area contributed by atoms with Crippen LogP contribution in [0.5, 0.6) is 0 Å². The van der Waals surface area contributed by atoms with Crippen LogP contribution in [0.4, 0.5) is 0 Å². The van der Waals surface area contributed by atoms with Crippen LogP contribution in [0.3, 0.4) is 0 Å². The van der Waals surface area contributed by atoms with E-state index in [1.165, 1.54) is 19.3 Å². The quantitative estimate of drug-likeness (QED) is 0.0133. The number of aliphatic hydroxyl groups excluding tert-OH is 6. The molecule has 1 aliphatic carbocycles. The molecular weight excluding hydrogens is 868 g/mol. The topological polar surface area (TPSA) is 230 Å². The van der Waals surface area contributed by atoms with Gasteiger partial charge in [0.15, 0.2) is 6.10 Å². The number of carbonyl (C=O) groups excluding carboxylic acids is 2. The summed E-state index contributed by atoms with van der Waals surface area (Å²) in [5.74, 6) is -1.23. The van der Waals surface area contributed by atoms with Gasteiger partial charge < -0.3 is 45.0 Å². The van der Waals surface area contributed by atoms with Crippen LogP contribution in [-0.4, -0.2) is 110 Å². The van der Waals surface area contributed by atoms with Crippen molar-refractivity contribution in [2.45, 2.75) is 198 Å². The fourth-order valence-corrected chi connectivity index (χ4v) is 7.54. The van der Waals surface area contributed by atoms with E-state index in [0.717, 1.165) is 77.0 Å². The van der Waals surface area contributed by atoms with Crippen LogP contribution in [0.1, 0.15) is 149 Å². The maximum Gasteiger partial charge on any atom is 0.472 e. The molecule has 0 amide bonds. The molecule has 66 heavy (non-hydrogen) atoms. The first kappa shape index (κ1) is 60.7. The van der Waals surface area contributed by atoms with Crippen molar-refractivity contribution in [3.05, 3.63) is 97.2 Å². The van der Waals surface area contributed by atoms with E-state index in [4.69, 9.17) is 18.5 Å². The Bertz CT molecular complexity index is 1540. The van der Waals surface area contributed by atoms with E-state index in [1.54, 1.807) is 0 Å². The zero-order valence-corrected chi connectivity index (χ0v) is 40.4. The van der Waals surface area contributed by atoms with Crippen molar-refractivity contribution in [2.24, 2.45) is 0 Å². The molecule has 15 heteroatoms. The lowest BCUT2D eigenvalue weighted by Gasteiger charge is -2.41. The summed E-state index contributed by atoms with van der Waals surface area (Å²) in [6.07, 6.45) is 36.6. The first-order valence-electron chi connectivity index (χ1n) is 24.1. The van der Waals surface area contributed by atoms with Crippen molar-refractivity contribution >= 4 is 19.8 Å². The van der Waals surface area contributed by atoms with Crippen LogP contribution in [0.25, 0.3) is 0 Å². The molecule has 14 nitrogen and oxygen atoms in total. The number of carbonyl (C=O) groups is 2. The number of hydrogen-bond acceptors (Lipinski definition) is 13. The molecule has 0 aromatic rings. The van der Waals surface area contributed by atoms with E-state index < -0.39 is 75.7 Å². The number of esters is 2. The van der Waals surface area contributed by atoms with Crippen LogP contribution >= 0.6 is 7.82 Å². The molecule has 0 radical (unpaired) electrons. The second kappa shape index (κ2) is 39.7. The average molecular weight is 951 g/mol. The molecule has 7 N–H and O–H groups in total. The van der Waals surface area contributed by atoms with Gasteiger partial charge in [0.1, 0.15) is 43.2 Å². The Hall–Kier alpha value is -3.27. The second-order valence-electron chi connectivity index (χ2n) is 16.4. The molecule has 1 aliphatic rings. The van der Waals surface area contributed by atoms with Gasteiger partial charge in [0.05, 0.1) is 12.7 Å². The van der Waals surface area contributed by atoms with Crippen molar-refractivity contribution in [2.75, 3.05) is 13.2 Å². The summed E-state index contributed by atoms with van der Waals surface area (Å²) in [5.41, 5.74) is 0. The van der Waals surface area contributed by atoms with E-state index in [1.807, 2.05) is 24.3 Å². The third-order valence-electron chi connectivity index (χ3n) is 10.5. The van der Waals surface area contributed by atoms with Gasteiger partial charge in [0.25, 0.3) is 0 Å². The van der Waals surface area contributed by atoms with Crippen LogP contribution in [0.2, 0.25) is 0 Å². The van der Waals surface area contributed by atoms with Gasteiger partial charge in [-0.3, -0.25) is 18.6 Å². The highest BCUT2D eigenvalue weighted by molar-refractivity contribution is 7.47. The Balaban J connectivity index is 2.53. The number of phosphoric acid groups is 1. The molecule has 0 spiro atoms. The summed E-state index contributed by atoms with van der Waals surface area (Å²) < 4.78 is 33.4. The van der Waals surface area contributed by atoms with Gasteiger partial charge >= 0.3 is 19.8 Å². The Morgan fingerprint density at radius 1 is 0.530 bits per heavy atom. The molecule has 1 saturated carbocycles. The predicted molar refractivity (Wildman–Crippen MR) is 259 cm³/mol. The van der Waals surface area contributed by atoms with E-state index in [9.17, 15) is 49.7 Å². The Kier molecular flexibility index (Phi) is 36.5. The summed E-state index contributed by atoms with van der Waals surface area (Å²) in [7, 11) is -5.16. The van der Waals surface area contributed by atoms with Crippen LogP contribution in [0.15, 0.2) is 97.2 Å². The summed E-state index contributed by atoms with van der Waals surface area (Å²) in [6.45, 7) is 2.99. The average Bonchev–Trinajstić information content (AvgIpc) is 3.29. The number of hydrogen-bond donors (Lipinski definition) is 7. The number of allylic oxidation sites excluding steroid dienone is 15. The van der Waals surface area contributed by atoms with Crippen LogP contribution in [-0.2, 0) is 32.7 Å². The van der Waals surface area contributed by atoms with Crippen molar-refractivity contribution in [1.29, 1.82) is 0 Å². The molecule has 0 aliphatic heterocycles. The van der Waals surface area contributed by atoms with E-state index in [2.05, 4.69) is 86.8 Å². The molecule has 0 aromatic heterocycles. The van der Waals surface area contributed by atoms with Crippen molar-refractivity contribution < 1.29 is 68.2 Å². The molecule has 9 atom stereocenters. The lowest BCUT2D eigenvalue weighted by molar-refractivity contribution is -0.220. The first-order chi connectivity index (χ1) is 31.8. The van der Waals surface area contributed by atoms with Gasteiger partial charge in [0.2, 0.25) is 0 Å². The van der Waals surface area contributed by atoms with Crippen LogP contribution in [0, 0.1) is 0 Å². The third kappa shape index (κ3) is 31.7. The molecule has 0 heterocycles. The van der Waals surface area contributed by atoms with Gasteiger partial charge in [-0.25, -0.2) is 4.57 Å². The SMILES string of the molecule is CCCCC/C=C\C/C=C\C/C=C\C/C=C\CCCCCC(=O)OC[C@H](COP(=O)(O)OC1[C@H](O)[C@H](O)C(O)[C@H](O)[C@H]1O)OC(=O)CCC/C=C\C/C=C\C/C=C\C/C=C\CC(O)CCC. The summed E-state index contributed by atoms with van der Waals surface area (Å²) >= 11 is 0. The van der Waals surface area contributed by atoms with Crippen LogP contribution < -0.4 is 0 Å². The first-order valence-corrected chi connectivity index (χ1v) is 25.6. The monoisotopic (exact) mass is 951 g/mol. The molecule has 376 valence electrons. The zero-order chi connectivity index (χ0) is 48.7. The second-order valence-corrected chi connectivity index (χ2v) is 17.8. The van der Waals surface area contributed by atoms with Gasteiger partial charge in [-0.1, -0.05) is 137 Å². The highest BCUT2D eigenvalue weighted by Crippen LogP contribution is 2.47. The molecule has 1 rings (SSSR count). The van der Waals surface area contributed by atoms with Crippen molar-refractivity contribution in [1.82, 2.24) is 0 Å². The number of rotatable bonds is 38. The largest absolute Gasteiger partial charge is 0.472 e. The standard InChI is InChI=1S/C51H83O14P/c1-3-5-6-7-8-9-10-11-12-13-14-15-16-19-22-25-28-31-34-38-44(53)62-40-43(41-63-66(60,61)65-51-49(58)47(56)46(55)48(57)50(51)59)64-45(54)39-35-32-29-26-23-20-17-18-21-24-27-30-33-37-42(52)36-4-2/h8-9,11-12,14-15,17,19-22,24,26,29-30,33,42-43,46-52,55-59H,3-7,10,13,16,18,23,25,27-28,31-32,34-41H2,1-2H3,(H,60,61)/b9-8-,12-11-,15-14-,20-17-,22-19-,24-21-,29-26-,33-30-/t42?,43-,46?,47-,48+,49-,50-,51?/m1/s1. The van der Waals surface area contributed by atoms with Gasteiger partial charge in [0, 0.05) is 12.8 Å². The maximum absolute atomic E-state index is 12.8. The van der Waals surface area contributed by atoms with E-state index >= 15 is 0 Å². The molecule has 4 unspecified atom stereocenters. The fourth-order valence-electron chi connectivity index (χ4n) is 6.57. The highest BCUT2D eigenvalue weighted by atomic mass is 31.2. The Labute approximate surface area is 394 Å². The highest BCUT2D eigenvalue weighted by Gasteiger charge is 2.51. The zero-order valence-electron chi connectivity index (χ0n) is 39.6. The van der Waals surface area contributed by atoms with Gasteiger partial charge in [-0.2, -0.15) is 0 Å². The molecule has 0 bridgehead atoms. The van der Waals surface area contributed by atoms with Gasteiger partial charge in [-0.15, -0.1) is 0 Å². The number of aliphatic hydroxyl groups is 6. The van der Waals surface area contributed by atoms with Gasteiger partial charge in [-0.05, 0) is 96.3 Å². The lowest BCUT2D eigenvalue weighted by Crippen LogP contribution is -2.64. The Morgan fingerprint density at radius 3 is 1.47 bits per heavy atom. The third-order valence-corrected chi connectivity index (χ3v) is 11.4. The predicted octanol–water partition coefficient (Wildman–Crippen LogP) is 8.80. The Morgan fingerprint density at radius 2 is 0.970 bits per heavy atom. The fraction of sp³-hybridized carbons (Fsp3) is 0.647. The van der Waals surface area contributed by atoms with Crippen molar-refractivity contribution in [3.8, 4) is 0 Å². The molecular formula is C51H83O14P. The minimum Gasteiger partial charge on any atom is -0.462 e. The minimum absolute atomic E-state index is 0.00722. The molecule has 0 aromatic carbocycles. The maximum atomic E-state index is 12.8. The number of phosphoric ester groups is 1.